The molecular weight excluding hydrogens is 318 g/mol. The number of aryl methyl sites for hydroxylation is 3. The van der Waals surface area contributed by atoms with Gasteiger partial charge in [-0.3, -0.25) is 9.59 Å². The number of benzene rings is 1. The van der Waals surface area contributed by atoms with Gasteiger partial charge in [0.2, 0.25) is 5.91 Å². The molecule has 0 aliphatic heterocycles. The van der Waals surface area contributed by atoms with E-state index in [2.05, 4.69) is 17.4 Å². The van der Waals surface area contributed by atoms with Gasteiger partial charge in [0.15, 0.2) is 5.78 Å². The van der Waals surface area contributed by atoms with Gasteiger partial charge in [-0.2, -0.15) is 0 Å². The molecule has 1 N–H and O–H groups in total. The van der Waals surface area contributed by atoms with Crippen LogP contribution in [0.2, 0.25) is 0 Å². The average Bonchev–Trinajstić information content (AvgIpc) is 2.90. The first-order valence-corrected chi connectivity index (χ1v) is 9.18. The molecule has 24 heavy (non-hydrogen) atoms. The number of hydrogen-bond acceptors (Lipinski definition) is 3. The molecule has 1 unspecified atom stereocenters. The fraction of sp³-hybridized carbons (Fsp3) is 0.400. The first-order chi connectivity index (χ1) is 11.4. The van der Waals surface area contributed by atoms with Crippen molar-refractivity contribution in [2.24, 2.45) is 0 Å². The van der Waals surface area contributed by atoms with Gasteiger partial charge >= 0.3 is 0 Å². The van der Waals surface area contributed by atoms with Crippen molar-refractivity contribution in [2.75, 3.05) is 0 Å². The van der Waals surface area contributed by atoms with Crippen LogP contribution in [0.5, 0.6) is 0 Å². The van der Waals surface area contributed by atoms with Crippen LogP contribution in [0.4, 0.5) is 0 Å². The van der Waals surface area contributed by atoms with Crippen LogP contribution in [-0.4, -0.2) is 11.7 Å². The van der Waals surface area contributed by atoms with Gasteiger partial charge in [-0.15, -0.1) is 11.3 Å². The minimum Gasteiger partial charge on any atom is -0.349 e. The monoisotopic (exact) mass is 343 g/mol. The van der Waals surface area contributed by atoms with Crippen molar-refractivity contribution < 1.29 is 9.59 Å². The van der Waals surface area contributed by atoms with Crippen LogP contribution in [0.3, 0.4) is 0 Å². The molecule has 2 rings (SSSR count). The number of carbonyl (C=O) groups excluding carboxylic acids is 2. The van der Waals surface area contributed by atoms with E-state index >= 15 is 0 Å². The maximum atomic E-state index is 12.3. The molecule has 0 aliphatic rings. The van der Waals surface area contributed by atoms with Gasteiger partial charge < -0.3 is 5.32 Å². The van der Waals surface area contributed by atoms with Gasteiger partial charge in [-0.25, -0.2) is 0 Å². The van der Waals surface area contributed by atoms with Gasteiger partial charge in [-0.1, -0.05) is 36.8 Å². The van der Waals surface area contributed by atoms with E-state index in [0.29, 0.717) is 0 Å². The Morgan fingerprint density at radius 2 is 1.75 bits per heavy atom. The van der Waals surface area contributed by atoms with Gasteiger partial charge in [-0.05, 0) is 38.8 Å². The number of thiophene rings is 1. The molecule has 1 aromatic carbocycles. The third-order valence-corrected chi connectivity index (χ3v) is 5.11. The van der Waals surface area contributed by atoms with E-state index in [4.69, 9.17) is 0 Å². The largest absolute Gasteiger partial charge is 0.349 e. The normalized spacial score (nSPS) is 12.0. The number of nitrogens with one attached hydrogen (secondary N) is 1. The molecule has 2 aromatic rings. The Labute approximate surface area is 148 Å². The Bertz CT molecular complexity index is 716. The average molecular weight is 343 g/mol. The Balaban J connectivity index is 1.91. The van der Waals surface area contributed by atoms with E-state index in [1.54, 1.807) is 11.3 Å². The highest BCUT2D eigenvalue weighted by atomic mass is 32.1. The molecule has 0 bridgehead atoms. The molecule has 0 spiro atoms. The van der Waals surface area contributed by atoms with E-state index in [0.717, 1.165) is 27.3 Å². The fourth-order valence-corrected chi connectivity index (χ4v) is 3.70. The predicted octanol–water partition coefficient (Wildman–Crippen LogP) is 4.90. The third kappa shape index (κ3) is 4.78. The lowest BCUT2D eigenvalue weighted by atomic mass is 10.0. The van der Waals surface area contributed by atoms with Crippen molar-refractivity contribution in [3.63, 3.8) is 0 Å². The van der Waals surface area contributed by atoms with Crippen LogP contribution in [0.15, 0.2) is 30.3 Å². The van der Waals surface area contributed by atoms with E-state index in [9.17, 15) is 9.59 Å². The molecule has 128 valence electrons. The summed E-state index contributed by atoms with van der Waals surface area (Å²) >= 11 is 1.62. The number of Topliss-reactive ketones (excluding diaryl/α,β-unsaturated/α-hetero) is 1. The first kappa shape index (κ1) is 18.4. The first-order valence-electron chi connectivity index (χ1n) is 8.37. The summed E-state index contributed by atoms with van der Waals surface area (Å²) in [6.07, 6.45) is 1.31. The van der Waals surface area contributed by atoms with Crippen molar-refractivity contribution in [3.05, 3.63) is 56.8 Å². The van der Waals surface area contributed by atoms with E-state index in [-0.39, 0.29) is 30.6 Å². The molecule has 0 aliphatic carbocycles. The van der Waals surface area contributed by atoms with Crippen LogP contribution in [0.1, 0.15) is 63.5 Å². The van der Waals surface area contributed by atoms with Gasteiger partial charge in [0, 0.05) is 28.2 Å². The molecular formula is C20H25NO2S. The van der Waals surface area contributed by atoms with E-state index < -0.39 is 0 Å². The maximum Gasteiger partial charge on any atom is 0.220 e. The number of ketones is 1. The highest BCUT2D eigenvalue weighted by Gasteiger charge is 2.16. The number of hydrogen-bond donors (Lipinski definition) is 1. The number of carbonyl (C=O) groups is 2. The zero-order valence-electron chi connectivity index (χ0n) is 14.8. The smallest absolute Gasteiger partial charge is 0.220 e. The molecule has 1 amide bonds. The van der Waals surface area contributed by atoms with Gasteiger partial charge in [0.25, 0.3) is 0 Å². The number of amides is 1. The molecule has 0 saturated heterocycles. The van der Waals surface area contributed by atoms with Crippen LogP contribution in [-0.2, 0) is 4.79 Å². The van der Waals surface area contributed by atoms with Crippen LogP contribution in [0, 0.1) is 20.8 Å². The summed E-state index contributed by atoms with van der Waals surface area (Å²) in [5.74, 6) is -0.0178. The van der Waals surface area contributed by atoms with E-state index in [1.165, 1.54) is 5.56 Å². The van der Waals surface area contributed by atoms with Crippen LogP contribution in [0.25, 0.3) is 0 Å². The quantitative estimate of drug-likeness (QED) is 0.727. The number of rotatable bonds is 7. The van der Waals surface area contributed by atoms with Crippen molar-refractivity contribution in [1.82, 2.24) is 5.32 Å². The lowest BCUT2D eigenvalue weighted by Gasteiger charge is -2.17. The van der Waals surface area contributed by atoms with Gasteiger partial charge in [0.1, 0.15) is 0 Å². The Morgan fingerprint density at radius 1 is 1.08 bits per heavy atom. The molecule has 1 aromatic heterocycles. The summed E-state index contributed by atoms with van der Waals surface area (Å²) in [5, 5.41) is 3.04. The zero-order valence-corrected chi connectivity index (χ0v) is 15.6. The van der Waals surface area contributed by atoms with Gasteiger partial charge in [0.05, 0.1) is 6.04 Å². The molecule has 0 fully saturated rings. The van der Waals surface area contributed by atoms with Crippen molar-refractivity contribution in [2.45, 2.75) is 53.0 Å². The summed E-state index contributed by atoms with van der Waals surface area (Å²) in [6, 6.07) is 10.1. The second-order valence-corrected chi connectivity index (χ2v) is 7.65. The third-order valence-electron chi connectivity index (χ3n) is 4.14. The summed E-state index contributed by atoms with van der Waals surface area (Å²) in [7, 11) is 0. The standard InChI is InChI=1S/C20H25NO2S/c1-5-18(16-8-6-13(2)7-9-16)21-20(23)11-10-19(22)17-12-14(3)24-15(17)4/h6-9,12,18H,5,10-11H2,1-4H3,(H,21,23). The molecule has 0 saturated carbocycles. The molecule has 1 atom stereocenters. The fourth-order valence-electron chi connectivity index (χ4n) is 2.76. The van der Waals surface area contributed by atoms with Crippen molar-refractivity contribution >= 4 is 23.0 Å². The highest BCUT2D eigenvalue weighted by molar-refractivity contribution is 7.12. The molecule has 0 radical (unpaired) electrons. The zero-order chi connectivity index (χ0) is 17.7. The summed E-state index contributed by atoms with van der Waals surface area (Å²) in [5.41, 5.74) is 3.06. The topological polar surface area (TPSA) is 46.2 Å². The van der Waals surface area contributed by atoms with Crippen LogP contribution >= 0.6 is 11.3 Å². The van der Waals surface area contributed by atoms with Crippen molar-refractivity contribution in [1.29, 1.82) is 0 Å². The lowest BCUT2D eigenvalue weighted by Crippen LogP contribution is -2.28. The highest BCUT2D eigenvalue weighted by Crippen LogP contribution is 2.22. The maximum absolute atomic E-state index is 12.3. The molecule has 3 nitrogen and oxygen atoms in total. The molecule has 1 heterocycles. The minimum absolute atomic E-state index is 0.00155. The van der Waals surface area contributed by atoms with Crippen LogP contribution < -0.4 is 5.32 Å². The SMILES string of the molecule is CCC(NC(=O)CCC(=O)c1cc(C)sc1C)c1ccc(C)cc1. The minimum atomic E-state index is -0.0691. The predicted molar refractivity (Wildman–Crippen MR) is 99.7 cm³/mol. The second-order valence-electron chi connectivity index (χ2n) is 6.19. The Kier molecular flexibility index (Phi) is 6.32. The molecule has 4 heteroatoms. The van der Waals surface area contributed by atoms with Crippen molar-refractivity contribution in [3.8, 4) is 0 Å². The summed E-state index contributed by atoms with van der Waals surface area (Å²) in [4.78, 5) is 26.7. The lowest BCUT2D eigenvalue weighted by molar-refractivity contribution is -0.121. The Morgan fingerprint density at radius 3 is 2.29 bits per heavy atom. The Hall–Kier alpha value is -1.94. The second kappa shape index (κ2) is 8.25. The van der Waals surface area contributed by atoms with E-state index in [1.807, 2.05) is 45.9 Å². The summed E-state index contributed by atoms with van der Waals surface area (Å²) < 4.78 is 0. The summed E-state index contributed by atoms with van der Waals surface area (Å²) in [6.45, 7) is 8.04.